The number of nitrogens with zero attached hydrogens (tertiary/aromatic N) is 1. The number of nitrogens with one attached hydrogen (secondary N) is 1. The van der Waals surface area contributed by atoms with Crippen molar-refractivity contribution in [3.8, 4) is 5.75 Å². The number of ether oxygens (including phenoxy) is 1. The molecule has 0 radical (unpaired) electrons. The van der Waals surface area contributed by atoms with Crippen LogP contribution in [0.3, 0.4) is 0 Å². The predicted octanol–water partition coefficient (Wildman–Crippen LogP) is 3.68. The summed E-state index contributed by atoms with van der Waals surface area (Å²) in [6.07, 6.45) is -4.66. The summed E-state index contributed by atoms with van der Waals surface area (Å²) in [5.74, 6) is 0.496. The van der Waals surface area contributed by atoms with Crippen molar-refractivity contribution >= 4 is 11.7 Å². The molecule has 4 nitrogen and oxygen atoms in total. The van der Waals surface area contributed by atoms with Crippen LogP contribution in [0.5, 0.6) is 5.75 Å². The zero-order valence-electron chi connectivity index (χ0n) is 12.8. The zero-order chi connectivity index (χ0) is 17.4. The molecule has 3 rings (SSSR count). The van der Waals surface area contributed by atoms with Crippen molar-refractivity contribution in [2.45, 2.75) is 11.7 Å². The number of halogens is 3. The van der Waals surface area contributed by atoms with Gasteiger partial charge in [0.2, 0.25) is 0 Å². The summed E-state index contributed by atoms with van der Waals surface area (Å²) in [6, 6.07) is 12.6. The number of anilines is 1. The molecule has 2 amide bonds. The summed E-state index contributed by atoms with van der Waals surface area (Å²) in [4.78, 5) is 13.0. The van der Waals surface area contributed by atoms with E-state index in [0.29, 0.717) is 5.75 Å². The lowest BCUT2D eigenvalue weighted by atomic mass is 9.88. The van der Waals surface area contributed by atoms with Crippen molar-refractivity contribution in [3.63, 3.8) is 0 Å². The highest BCUT2D eigenvalue weighted by atomic mass is 19.4. The van der Waals surface area contributed by atoms with Gasteiger partial charge in [-0.1, -0.05) is 30.3 Å². The van der Waals surface area contributed by atoms with Crippen LogP contribution in [0.2, 0.25) is 0 Å². The molecule has 1 aliphatic rings. The van der Waals surface area contributed by atoms with Crippen molar-refractivity contribution < 1.29 is 22.7 Å². The Labute approximate surface area is 136 Å². The van der Waals surface area contributed by atoms with Gasteiger partial charge in [0.05, 0.1) is 13.7 Å². The predicted molar refractivity (Wildman–Crippen MR) is 83.0 cm³/mol. The molecule has 0 spiro atoms. The van der Waals surface area contributed by atoms with Crippen molar-refractivity contribution in [1.29, 1.82) is 0 Å². The molecule has 0 aliphatic carbocycles. The highest BCUT2D eigenvalue weighted by molar-refractivity contribution is 5.97. The van der Waals surface area contributed by atoms with Crippen LogP contribution in [0, 0.1) is 0 Å². The lowest BCUT2D eigenvalue weighted by molar-refractivity contribution is -0.183. The van der Waals surface area contributed by atoms with Crippen molar-refractivity contribution in [1.82, 2.24) is 5.32 Å². The standard InChI is InChI=1S/C17H15F3N2O2/c1-24-14-9-7-13(8-10-14)22-15(23)21-11-16(22,17(18,19)20)12-5-3-2-4-6-12/h2-10H,11H2,1H3,(H,21,23)/t16-/m0/s1. The number of hydrogen-bond donors (Lipinski definition) is 1. The SMILES string of the molecule is COc1ccc(N2C(=O)NC[C@]2(c2ccccc2)C(F)(F)F)cc1. The molecule has 1 atom stereocenters. The van der Waals surface area contributed by atoms with Crippen LogP contribution in [-0.4, -0.2) is 25.9 Å². The summed E-state index contributed by atoms with van der Waals surface area (Å²) in [5.41, 5.74) is -2.31. The Kier molecular flexibility index (Phi) is 3.87. The fourth-order valence-electron chi connectivity index (χ4n) is 2.94. The van der Waals surface area contributed by atoms with Crippen molar-refractivity contribution in [2.24, 2.45) is 0 Å². The van der Waals surface area contributed by atoms with Crippen LogP contribution in [0.1, 0.15) is 5.56 Å². The van der Waals surface area contributed by atoms with Crippen molar-refractivity contribution in [3.05, 3.63) is 60.2 Å². The maximum absolute atomic E-state index is 14.1. The molecular formula is C17H15F3N2O2. The van der Waals surface area contributed by atoms with Gasteiger partial charge < -0.3 is 10.1 Å². The number of urea groups is 1. The Morgan fingerprint density at radius 1 is 1.08 bits per heavy atom. The molecular weight excluding hydrogens is 321 g/mol. The Morgan fingerprint density at radius 2 is 1.71 bits per heavy atom. The Bertz CT molecular complexity index is 732. The van der Waals surface area contributed by atoms with E-state index in [2.05, 4.69) is 5.32 Å². The Hall–Kier alpha value is -2.70. The smallest absolute Gasteiger partial charge is 0.418 e. The molecule has 2 aromatic rings. The second-order valence-corrected chi connectivity index (χ2v) is 5.42. The fraction of sp³-hybridized carbons (Fsp3) is 0.235. The molecule has 1 heterocycles. The summed E-state index contributed by atoms with van der Waals surface area (Å²) in [6.45, 7) is -0.550. The van der Waals surface area contributed by atoms with Gasteiger partial charge in [-0.05, 0) is 29.8 Å². The molecule has 1 N–H and O–H groups in total. The monoisotopic (exact) mass is 336 g/mol. The molecule has 1 saturated heterocycles. The number of carbonyl (C=O) groups is 1. The average molecular weight is 336 g/mol. The number of hydrogen-bond acceptors (Lipinski definition) is 2. The normalized spacial score (nSPS) is 20.8. The lowest BCUT2D eigenvalue weighted by Crippen LogP contribution is -2.55. The third-order valence-corrected chi connectivity index (χ3v) is 4.13. The summed E-state index contributed by atoms with van der Waals surface area (Å²) in [7, 11) is 1.46. The largest absolute Gasteiger partial charge is 0.497 e. The van der Waals surface area contributed by atoms with Crippen LogP contribution < -0.4 is 15.0 Å². The quantitative estimate of drug-likeness (QED) is 0.929. The molecule has 0 saturated carbocycles. The molecule has 0 unspecified atom stereocenters. The van der Waals surface area contributed by atoms with E-state index < -0.39 is 24.3 Å². The maximum atomic E-state index is 14.1. The fourth-order valence-corrected chi connectivity index (χ4v) is 2.94. The minimum absolute atomic E-state index is 0.00617. The molecule has 7 heteroatoms. The molecule has 24 heavy (non-hydrogen) atoms. The second-order valence-electron chi connectivity index (χ2n) is 5.42. The molecule has 1 aliphatic heterocycles. The van der Waals surface area contributed by atoms with Crippen LogP contribution in [0.25, 0.3) is 0 Å². The van der Waals surface area contributed by atoms with E-state index in [1.54, 1.807) is 6.07 Å². The maximum Gasteiger partial charge on any atom is 0.418 e. The van der Waals surface area contributed by atoms with Crippen LogP contribution >= 0.6 is 0 Å². The average Bonchev–Trinajstić information content (AvgIpc) is 2.94. The van der Waals surface area contributed by atoms with Crippen LogP contribution in [0.15, 0.2) is 54.6 Å². The zero-order valence-corrected chi connectivity index (χ0v) is 12.8. The topological polar surface area (TPSA) is 41.6 Å². The number of carbonyl (C=O) groups excluding carboxylic acids is 1. The van der Waals surface area contributed by atoms with E-state index in [-0.39, 0.29) is 11.3 Å². The first-order valence-corrected chi connectivity index (χ1v) is 7.24. The van der Waals surface area contributed by atoms with E-state index in [0.717, 1.165) is 4.90 Å². The number of methoxy groups -OCH3 is 1. The molecule has 1 fully saturated rings. The van der Waals surface area contributed by atoms with E-state index >= 15 is 0 Å². The number of alkyl halides is 3. The second kappa shape index (κ2) is 5.74. The third-order valence-electron chi connectivity index (χ3n) is 4.13. The summed E-state index contributed by atoms with van der Waals surface area (Å²) >= 11 is 0. The highest BCUT2D eigenvalue weighted by Gasteiger charge is 2.64. The van der Waals surface area contributed by atoms with Gasteiger partial charge >= 0.3 is 12.2 Å². The van der Waals surface area contributed by atoms with Gasteiger partial charge in [0, 0.05) is 5.69 Å². The minimum Gasteiger partial charge on any atom is -0.497 e. The summed E-state index contributed by atoms with van der Waals surface area (Å²) < 4.78 is 47.3. The van der Waals surface area contributed by atoms with Gasteiger partial charge in [0.1, 0.15) is 5.75 Å². The van der Waals surface area contributed by atoms with Gasteiger partial charge in [0.15, 0.2) is 5.54 Å². The molecule has 0 aromatic heterocycles. The van der Waals surface area contributed by atoms with Crippen LogP contribution in [0.4, 0.5) is 23.7 Å². The number of amides is 2. The van der Waals surface area contributed by atoms with Gasteiger partial charge in [-0.2, -0.15) is 13.2 Å². The summed E-state index contributed by atoms with van der Waals surface area (Å²) in [5, 5.41) is 2.33. The van der Waals surface area contributed by atoms with E-state index in [4.69, 9.17) is 4.74 Å². The first-order chi connectivity index (χ1) is 11.4. The first kappa shape index (κ1) is 16.2. The number of rotatable bonds is 3. The van der Waals surface area contributed by atoms with E-state index in [9.17, 15) is 18.0 Å². The van der Waals surface area contributed by atoms with E-state index in [1.807, 2.05) is 0 Å². The van der Waals surface area contributed by atoms with Gasteiger partial charge in [0.25, 0.3) is 0 Å². The third kappa shape index (κ3) is 2.36. The Morgan fingerprint density at radius 3 is 2.25 bits per heavy atom. The van der Waals surface area contributed by atoms with Crippen LogP contribution in [-0.2, 0) is 5.54 Å². The van der Waals surface area contributed by atoms with Gasteiger partial charge in [-0.15, -0.1) is 0 Å². The molecule has 126 valence electrons. The minimum atomic E-state index is -4.66. The first-order valence-electron chi connectivity index (χ1n) is 7.24. The van der Waals surface area contributed by atoms with E-state index in [1.165, 1.54) is 55.6 Å². The highest BCUT2D eigenvalue weighted by Crippen LogP contribution is 2.48. The Balaban J connectivity index is 2.18. The number of benzene rings is 2. The van der Waals surface area contributed by atoms with Crippen molar-refractivity contribution in [2.75, 3.05) is 18.6 Å². The lowest BCUT2D eigenvalue weighted by Gasteiger charge is -2.38. The molecule has 0 bridgehead atoms. The molecule has 2 aromatic carbocycles. The van der Waals surface area contributed by atoms with Gasteiger partial charge in [-0.3, -0.25) is 4.90 Å². The van der Waals surface area contributed by atoms with Gasteiger partial charge in [-0.25, -0.2) is 4.79 Å².